The lowest BCUT2D eigenvalue weighted by molar-refractivity contribution is 0.197. The summed E-state index contributed by atoms with van der Waals surface area (Å²) < 4.78 is 5.04. The molecule has 0 fully saturated rings. The van der Waals surface area contributed by atoms with Crippen molar-refractivity contribution in [1.82, 2.24) is 15.5 Å². The van der Waals surface area contributed by atoms with Gasteiger partial charge >= 0.3 is 0 Å². The van der Waals surface area contributed by atoms with Gasteiger partial charge in [0, 0.05) is 46.4 Å². The standard InChI is InChI=1S/C17H30N4O.HI/c1-4-18-17(19-11-8-14-22-3)20-12-13-21(2)15-16-9-6-5-7-10-16;/h5-7,9-10H,4,8,11-15H2,1-3H3,(H2,18,19,20);1H. The molecule has 0 spiro atoms. The molecule has 0 amide bonds. The Kier molecular flexibility index (Phi) is 14.2. The maximum Gasteiger partial charge on any atom is 0.191 e. The largest absolute Gasteiger partial charge is 0.385 e. The first-order valence-corrected chi connectivity index (χ1v) is 7.99. The second-order valence-electron chi connectivity index (χ2n) is 5.26. The number of hydrogen-bond acceptors (Lipinski definition) is 3. The molecule has 0 aliphatic carbocycles. The molecule has 23 heavy (non-hydrogen) atoms. The third-order valence-corrected chi connectivity index (χ3v) is 3.20. The molecule has 6 heteroatoms. The highest BCUT2D eigenvalue weighted by molar-refractivity contribution is 14.0. The molecule has 0 radical (unpaired) electrons. The molecule has 0 aliphatic rings. The van der Waals surface area contributed by atoms with E-state index in [1.54, 1.807) is 7.11 Å². The predicted molar refractivity (Wildman–Crippen MR) is 109 cm³/mol. The first kappa shape index (κ1) is 22.1. The van der Waals surface area contributed by atoms with Crippen molar-refractivity contribution in [2.45, 2.75) is 19.9 Å². The van der Waals surface area contributed by atoms with Gasteiger partial charge in [-0.15, -0.1) is 24.0 Å². The summed E-state index contributed by atoms with van der Waals surface area (Å²) in [6.45, 7) is 7.29. The van der Waals surface area contributed by atoms with Crippen LogP contribution in [0.1, 0.15) is 18.9 Å². The highest BCUT2D eigenvalue weighted by Crippen LogP contribution is 2.01. The Morgan fingerprint density at radius 2 is 1.96 bits per heavy atom. The first-order chi connectivity index (χ1) is 10.8. The highest BCUT2D eigenvalue weighted by Gasteiger charge is 2.01. The van der Waals surface area contributed by atoms with Gasteiger partial charge in [-0.05, 0) is 26.0 Å². The molecule has 0 atom stereocenters. The molecule has 0 saturated heterocycles. The number of likely N-dealkylation sites (N-methyl/N-ethyl adjacent to an activating group) is 1. The lowest BCUT2D eigenvalue weighted by Crippen LogP contribution is -2.41. The van der Waals surface area contributed by atoms with Crippen LogP contribution in [0.25, 0.3) is 0 Å². The maximum absolute atomic E-state index is 5.04. The minimum Gasteiger partial charge on any atom is -0.385 e. The zero-order chi connectivity index (χ0) is 16.0. The van der Waals surface area contributed by atoms with E-state index in [2.05, 4.69) is 58.8 Å². The third kappa shape index (κ3) is 11.3. The lowest BCUT2D eigenvalue weighted by atomic mass is 10.2. The molecule has 2 N–H and O–H groups in total. The van der Waals surface area contributed by atoms with E-state index in [1.807, 2.05) is 6.07 Å². The fourth-order valence-electron chi connectivity index (χ4n) is 2.08. The number of aliphatic imine (C=N–C) groups is 1. The van der Waals surface area contributed by atoms with Crippen molar-refractivity contribution in [3.05, 3.63) is 35.9 Å². The molecule has 1 aromatic rings. The van der Waals surface area contributed by atoms with E-state index in [4.69, 9.17) is 4.74 Å². The average Bonchev–Trinajstić information content (AvgIpc) is 2.52. The van der Waals surface area contributed by atoms with Crippen LogP contribution in [0.4, 0.5) is 0 Å². The Balaban J connectivity index is 0.00000484. The topological polar surface area (TPSA) is 48.9 Å². The molecular weight excluding hydrogens is 403 g/mol. The zero-order valence-electron chi connectivity index (χ0n) is 14.5. The number of guanidine groups is 1. The van der Waals surface area contributed by atoms with Gasteiger partial charge in [-0.1, -0.05) is 30.3 Å². The van der Waals surface area contributed by atoms with Crippen LogP contribution >= 0.6 is 24.0 Å². The van der Waals surface area contributed by atoms with Gasteiger partial charge in [-0.2, -0.15) is 0 Å². The molecule has 0 heterocycles. The molecule has 0 bridgehead atoms. The van der Waals surface area contributed by atoms with Crippen molar-refractivity contribution >= 4 is 29.9 Å². The van der Waals surface area contributed by atoms with E-state index >= 15 is 0 Å². The van der Waals surface area contributed by atoms with Crippen LogP contribution < -0.4 is 10.6 Å². The molecule has 1 aromatic carbocycles. The van der Waals surface area contributed by atoms with Crippen LogP contribution in [-0.2, 0) is 11.3 Å². The van der Waals surface area contributed by atoms with Crippen molar-refractivity contribution in [1.29, 1.82) is 0 Å². The van der Waals surface area contributed by atoms with Crippen molar-refractivity contribution < 1.29 is 4.74 Å². The summed E-state index contributed by atoms with van der Waals surface area (Å²) in [7, 11) is 3.85. The second-order valence-corrected chi connectivity index (χ2v) is 5.26. The monoisotopic (exact) mass is 434 g/mol. The summed E-state index contributed by atoms with van der Waals surface area (Å²) >= 11 is 0. The van der Waals surface area contributed by atoms with Gasteiger partial charge in [0.1, 0.15) is 0 Å². The maximum atomic E-state index is 5.04. The van der Waals surface area contributed by atoms with E-state index in [0.717, 1.165) is 51.7 Å². The van der Waals surface area contributed by atoms with E-state index in [0.29, 0.717) is 0 Å². The summed E-state index contributed by atoms with van der Waals surface area (Å²) in [5, 5.41) is 6.63. The minimum absolute atomic E-state index is 0. The van der Waals surface area contributed by atoms with E-state index < -0.39 is 0 Å². The third-order valence-electron chi connectivity index (χ3n) is 3.20. The van der Waals surface area contributed by atoms with Crippen molar-refractivity contribution in [2.24, 2.45) is 4.99 Å². The van der Waals surface area contributed by atoms with E-state index in [9.17, 15) is 0 Å². The number of hydrogen-bond donors (Lipinski definition) is 2. The van der Waals surface area contributed by atoms with E-state index in [1.165, 1.54) is 5.56 Å². The van der Waals surface area contributed by atoms with Crippen molar-refractivity contribution in [3.63, 3.8) is 0 Å². The summed E-state index contributed by atoms with van der Waals surface area (Å²) in [5.41, 5.74) is 1.34. The van der Waals surface area contributed by atoms with Gasteiger partial charge in [0.15, 0.2) is 5.96 Å². The molecule has 5 nitrogen and oxygen atoms in total. The fourth-order valence-corrected chi connectivity index (χ4v) is 2.08. The first-order valence-electron chi connectivity index (χ1n) is 7.99. The molecule has 132 valence electrons. The summed E-state index contributed by atoms with van der Waals surface area (Å²) in [6.07, 6.45) is 0.945. The second kappa shape index (κ2) is 14.7. The molecule has 0 saturated carbocycles. The lowest BCUT2D eigenvalue weighted by Gasteiger charge is -2.18. The Bertz CT molecular complexity index is 414. The zero-order valence-corrected chi connectivity index (χ0v) is 16.9. The van der Waals surface area contributed by atoms with Gasteiger partial charge in [-0.3, -0.25) is 4.99 Å². The number of halogens is 1. The highest BCUT2D eigenvalue weighted by atomic mass is 127. The Morgan fingerprint density at radius 3 is 2.61 bits per heavy atom. The molecule has 0 aromatic heterocycles. The SMILES string of the molecule is CCNC(=NCCCOC)NCCN(C)Cc1ccccc1.I. The number of rotatable bonds is 10. The Labute approximate surface area is 157 Å². The van der Waals surface area contributed by atoms with Crippen LogP contribution in [0.15, 0.2) is 35.3 Å². The average molecular weight is 434 g/mol. The van der Waals surface area contributed by atoms with Crippen LogP contribution in [0, 0.1) is 0 Å². The predicted octanol–water partition coefficient (Wildman–Crippen LogP) is 2.33. The van der Waals surface area contributed by atoms with Gasteiger partial charge in [0.2, 0.25) is 0 Å². The summed E-state index contributed by atoms with van der Waals surface area (Å²) in [4.78, 5) is 6.83. The van der Waals surface area contributed by atoms with Gasteiger partial charge in [0.05, 0.1) is 0 Å². The van der Waals surface area contributed by atoms with E-state index in [-0.39, 0.29) is 24.0 Å². The number of nitrogens with one attached hydrogen (secondary N) is 2. The van der Waals surface area contributed by atoms with Crippen LogP contribution in [-0.4, -0.2) is 57.8 Å². The van der Waals surface area contributed by atoms with Crippen LogP contribution in [0.5, 0.6) is 0 Å². The van der Waals surface area contributed by atoms with Crippen LogP contribution in [0.2, 0.25) is 0 Å². The van der Waals surface area contributed by atoms with Gasteiger partial charge < -0.3 is 20.3 Å². The van der Waals surface area contributed by atoms with Crippen molar-refractivity contribution in [3.8, 4) is 0 Å². The Morgan fingerprint density at radius 1 is 1.22 bits per heavy atom. The summed E-state index contributed by atoms with van der Waals surface area (Å²) in [6, 6.07) is 10.5. The number of ether oxygens (including phenoxy) is 1. The normalized spacial score (nSPS) is 11.2. The minimum atomic E-state index is 0. The van der Waals surface area contributed by atoms with Crippen molar-refractivity contribution in [2.75, 3.05) is 46.9 Å². The quantitative estimate of drug-likeness (QED) is 0.257. The summed E-state index contributed by atoms with van der Waals surface area (Å²) in [5.74, 6) is 0.881. The van der Waals surface area contributed by atoms with Gasteiger partial charge in [-0.25, -0.2) is 0 Å². The van der Waals surface area contributed by atoms with Crippen LogP contribution in [0.3, 0.4) is 0 Å². The molecular formula is C17H31IN4O. The molecule has 1 rings (SSSR count). The fraction of sp³-hybridized carbons (Fsp3) is 0.588. The molecule has 0 unspecified atom stereocenters. The Hall–Kier alpha value is -0.860. The number of nitrogens with zero attached hydrogens (tertiary/aromatic N) is 2. The smallest absolute Gasteiger partial charge is 0.191 e. The number of benzene rings is 1. The van der Waals surface area contributed by atoms with Gasteiger partial charge in [0.25, 0.3) is 0 Å². The molecule has 0 aliphatic heterocycles. The number of methoxy groups -OCH3 is 1.